The summed E-state index contributed by atoms with van der Waals surface area (Å²) in [5.41, 5.74) is 10.5. The third kappa shape index (κ3) is 4.91. The van der Waals surface area contributed by atoms with Crippen LogP contribution in [0.1, 0.15) is 50.4 Å². The average molecular weight is 515 g/mol. The van der Waals surface area contributed by atoms with E-state index in [0.717, 1.165) is 28.5 Å². The number of carbonyl (C=O) groups is 1. The molecule has 196 valence electrons. The highest BCUT2D eigenvalue weighted by Gasteiger charge is 2.52. The van der Waals surface area contributed by atoms with Crippen molar-refractivity contribution in [3.05, 3.63) is 88.9 Å². The third-order valence-electron chi connectivity index (χ3n) is 7.57. The van der Waals surface area contributed by atoms with Crippen LogP contribution in [0.5, 0.6) is 0 Å². The van der Waals surface area contributed by atoms with E-state index < -0.39 is 30.2 Å². The predicted octanol–water partition coefficient (Wildman–Crippen LogP) is 5.36. The lowest BCUT2D eigenvalue weighted by Gasteiger charge is -2.32. The second kappa shape index (κ2) is 9.89. The molecule has 1 aliphatic carbocycles. The van der Waals surface area contributed by atoms with Crippen molar-refractivity contribution in [2.75, 3.05) is 18.9 Å². The van der Waals surface area contributed by atoms with Crippen LogP contribution in [-0.4, -0.2) is 42.5 Å². The highest BCUT2D eigenvalue weighted by atomic mass is 19.1. The van der Waals surface area contributed by atoms with E-state index in [4.69, 9.17) is 19.8 Å². The number of nitrogens with one attached hydrogen (secondary N) is 1. The van der Waals surface area contributed by atoms with Crippen LogP contribution in [0.15, 0.2) is 66.3 Å². The Morgan fingerprint density at radius 3 is 2.24 bits per heavy atom. The lowest BCUT2D eigenvalue weighted by atomic mass is 9.77. The molecular weight excluding hydrogens is 484 g/mol. The summed E-state index contributed by atoms with van der Waals surface area (Å²) in [4.78, 5) is 16.9. The summed E-state index contributed by atoms with van der Waals surface area (Å²) in [5, 5.41) is 2.81. The van der Waals surface area contributed by atoms with Crippen molar-refractivity contribution in [1.82, 2.24) is 10.3 Å². The van der Waals surface area contributed by atoms with Gasteiger partial charge in [-0.15, -0.1) is 0 Å². The summed E-state index contributed by atoms with van der Waals surface area (Å²) in [6, 6.07) is 17.5. The number of nitrogens with zero attached hydrogens (tertiary/aromatic N) is 1. The van der Waals surface area contributed by atoms with Crippen LogP contribution in [-0.2, 0) is 14.0 Å². The van der Waals surface area contributed by atoms with Gasteiger partial charge in [0.05, 0.1) is 28.8 Å². The summed E-state index contributed by atoms with van der Waals surface area (Å²) in [6.45, 7) is 8.01. The third-order valence-corrected chi connectivity index (χ3v) is 7.57. The molecule has 0 radical (unpaired) electrons. The Morgan fingerprint density at radius 1 is 1.08 bits per heavy atom. The van der Waals surface area contributed by atoms with Crippen LogP contribution in [0, 0.1) is 5.82 Å². The van der Waals surface area contributed by atoms with Crippen molar-refractivity contribution in [2.24, 2.45) is 0 Å². The van der Waals surface area contributed by atoms with E-state index in [1.54, 1.807) is 6.08 Å². The van der Waals surface area contributed by atoms with E-state index in [0.29, 0.717) is 11.2 Å². The van der Waals surface area contributed by atoms with Gasteiger partial charge in [0.1, 0.15) is 12.4 Å². The number of ether oxygens (including phenoxy) is 1. The Bertz CT molecular complexity index is 1350. The zero-order chi connectivity index (χ0) is 27.1. The van der Waals surface area contributed by atoms with Gasteiger partial charge < -0.3 is 25.1 Å². The normalized spacial score (nSPS) is 17.7. The van der Waals surface area contributed by atoms with Crippen LogP contribution in [0.25, 0.3) is 17.2 Å². The Balaban J connectivity index is 1.31. The van der Waals surface area contributed by atoms with Crippen molar-refractivity contribution in [3.8, 4) is 11.1 Å². The molecule has 3 aromatic rings. The van der Waals surface area contributed by atoms with Crippen LogP contribution < -0.4 is 11.1 Å². The van der Waals surface area contributed by atoms with Gasteiger partial charge in [-0.25, -0.2) is 9.18 Å². The number of rotatable bonds is 6. The Morgan fingerprint density at radius 2 is 1.66 bits per heavy atom. The minimum Gasteiger partial charge on any atom is -0.449 e. The molecule has 7 nitrogen and oxygen atoms in total. The summed E-state index contributed by atoms with van der Waals surface area (Å²) in [6.07, 6.45) is 2.17. The molecule has 0 spiro atoms. The summed E-state index contributed by atoms with van der Waals surface area (Å²) in [5.74, 6) is -0.580. The van der Waals surface area contributed by atoms with E-state index in [-0.39, 0.29) is 24.8 Å². The molecule has 0 bridgehead atoms. The maximum Gasteiger partial charge on any atom is 0.492 e. The van der Waals surface area contributed by atoms with Crippen molar-refractivity contribution in [1.29, 1.82) is 0 Å². The molecule has 3 N–H and O–H groups in total. The van der Waals surface area contributed by atoms with Crippen molar-refractivity contribution in [3.63, 3.8) is 0 Å². The second-order valence-corrected chi connectivity index (χ2v) is 10.6. The van der Waals surface area contributed by atoms with Gasteiger partial charge in [0.2, 0.25) is 0 Å². The van der Waals surface area contributed by atoms with E-state index >= 15 is 0 Å². The van der Waals surface area contributed by atoms with Gasteiger partial charge >= 0.3 is 13.2 Å². The van der Waals surface area contributed by atoms with Gasteiger partial charge in [-0.1, -0.05) is 48.5 Å². The standard InChI is InChI=1S/C29H31BFN3O4/c1-28(2)29(3,4)38-30(37-28)18(13-26-25(32)14-19(31)16-33-26)15-34-27(35)36-17-24-22-11-7-5-9-20(22)21-10-6-8-12-23(21)24/h5-14,16,24H,15,17,32H2,1-4H3,(H,34,35). The molecule has 1 aromatic heterocycles. The van der Waals surface area contributed by atoms with Crippen LogP contribution >= 0.6 is 0 Å². The highest BCUT2D eigenvalue weighted by molar-refractivity contribution is 6.56. The number of carbonyl (C=O) groups excluding carboxylic acids is 1. The van der Waals surface area contributed by atoms with Crippen LogP contribution in [0.2, 0.25) is 0 Å². The number of pyridine rings is 1. The first-order valence-electron chi connectivity index (χ1n) is 12.6. The lowest BCUT2D eigenvalue weighted by Crippen LogP contribution is -2.41. The van der Waals surface area contributed by atoms with E-state index in [1.807, 2.05) is 52.0 Å². The Kier molecular flexibility index (Phi) is 6.75. The average Bonchev–Trinajstić information content (AvgIpc) is 3.30. The summed E-state index contributed by atoms with van der Waals surface area (Å²) < 4.78 is 31.6. The first-order chi connectivity index (χ1) is 18.1. The maximum absolute atomic E-state index is 13.6. The zero-order valence-electron chi connectivity index (χ0n) is 22.0. The highest BCUT2D eigenvalue weighted by Crippen LogP contribution is 2.44. The molecule has 2 aliphatic rings. The number of fused-ring (bicyclic) bond motifs is 3. The van der Waals surface area contributed by atoms with Gasteiger partial charge in [-0.2, -0.15) is 0 Å². The first kappa shape index (κ1) is 25.9. The fourth-order valence-corrected chi connectivity index (χ4v) is 4.78. The van der Waals surface area contributed by atoms with Gasteiger partial charge in [0.25, 0.3) is 0 Å². The minimum atomic E-state index is -0.764. The number of alkyl carbamates (subject to hydrolysis) is 1. The van der Waals surface area contributed by atoms with Crippen molar-refractivity contribution < 1.29 is 23.2 Å². The molecule has 0 unspecified atom stereocenters. The lowest BCUT2D eigenvalue weighted by molar-refractivity contribution is 0.00578. The van der Waals surface area contributed by atoms with Crippen LogP contribution in [0.3, 0.4) is 0 Å². The smallest absolute Gasteiger partial charge is 0.449 e. The number of hydrogen-bond donors (Lipinski definition) is 2. The van der Waals surface area contributed by atoms with Gasteiger partial charge in [0.15, 0.2) is 0 Å². The summed E-state index contributed by atoms with van der Waals surface area (Å²) in [7, 11) is -0.764. The molecule has 38 heavy (non-hydrogen) atoms. The molecule has 0 saturated carbocycles. The predicted molar refractivity (Wildman–Crippen MR) is 146 cm³/mol. The Labute approximate surface area is 222 Å². The number of halogens is 1. The molecule has 1 aliphatic heterocycles. The number of hydrogen-bond acceptors (Lipinski definition) is 6. The number of anilines is 1. The fourth-order valence-electron chi connectivity index (χ4n) is 4.78. The largest absolute Gasteiger partial charge is 0.492 e. The van der Waals surface area contributed by atoms with Crippen molar-refractivity contribution in [2.45, 2.75) is 44.8 Å². The molecular formula is C29H31BFN3O4. The monoisotopic (exact) mass is 515 g/mol. The molecule has 9 heteroatoms. The topological polar surface area (TPSA) is 95.7 Å². The molecule has 5 rings (SSSR count). The molecule has 1 amide bonds. The zero-order valence-corrected chi connectivity index (χ0v) is 22.0. The number of nitrogen functional groups attached to an aromatic ring is 1. The quantitative estimate of drug-likeness (QED) is 0.430. The molecule has 1 saturated heterocycles. The Hall–Kier alpha value is -3.69. The number of nitrogens with two attached hydrogens (primary N) is 1. The van der Waals surface area contributed by atoms with Crippen LogP contribution in [0.4, 0.5) is 14.9 Å². The maximum atomic E-state index is 13.6. The molecule has 0 atom stereocenters. The molecule has 2 heterocycles. The van der Waals surface area contributed by atoms with Gasteiger partial charge in [0, 0.05) is 18.5 Å². The number of aromatic nitrogens is 1. The molecule has 2 aromatic carbocycles. The fraction of sp³-hybridized carbons (Fsp3) is 0.310. The second-order valence-electron chi connectivity index (χ2n) is 10.6. The van der Waals surface area contributed by atoms with Gasteiger partial charge in [-0.05, 0) is 61.5 Å². The SMILES string of the molecule is CC1(C)OB(C(=Cc2ncc(F)cc2N)CNC(=O)OCC2c3ccccc3-c3ccccc32)OC1(C)C. The van der Waals surface area contributed by atoms with E-state index in [9.17, 15) is 9.18 Å². The van der Waals surface area contributed by atoms with Crippen molar-refractivity contribution >= 4 is 25.0 Å². The number of benzene rings is 2. The molecule has 1 fully saturated rings. The summed E-state index contributed by atoms with van der Waals surface area (Å²) >= 11 is 0. The van der Waals surface area contributed by atoms with E-state index in [2.05, 4.69) is 34.6 Å². The van der Waals surface area contributed by atoms with Gasteiger partial charge in [-0.3, -0.25) is 4.98 Å². The number of amides is 1. The minimum absolute atomic E-state index is 0.0468. The van der Waals surface area contributed by atoms with E-state index in [1.165, 1.54) is 6.07 Å². The first-order valence-corrected chi connectivity index (χ1v) is 12.6.